The molecule has 4 heteroatoms. The molecule has 0 radical (unpaired) electrons. The number of hydrogen-bond donors (Lipinski definition) is 1. The molecule has 0 aromatic heterocycles. The van der Waals surface area contributed by atoms with E-state index in [4.69, 9.17) is 0 Å². The summed E-state index contributed by atoms with van der Waals surface area (Å²) in [6, 6.07) is 0. The molecule has 0 aromatic rings. The second kappa shape index (κ2) is 5.51. The van der Waals surface area contributed by atoms with Crippen LogP contribution in [0.4, 0.5) is 0 Å². The van der Waals surface area contributed by atoms with Crippen LogP contribution >= 0.6 is 0 Å². The minimum Gasteiger partial charge on any atom is -0.213 e. The Hall–Kier alpha value is -0.350. The topological polar surface area (TPSA) is 46.2 Å². The molecule has 0 atom stereocenters. The van der Waals surface area contributed by atoms with Gasteiger partial charge in [-0.1, -0.05) is 19.1 Å². The molecule has 0 aliphatic carbocycles. The molecule has 0 saturated heterocycles. The highest BCUT2D eigenvalue weighted by Gasteiger charge is 2.20. The standard InChI is InChI=1S/C10H21NO2S/c1-5-6-7-8-9-10(2,3)11-14(4,12)13/h6-7,11H,5,8-9H2,1-4H3/b7-6+. The molecule has 1 N–H and O–H groups in total. The normalized spacial score (nSPS) is 13.7. The number of rotatable bonds is 6. The van der Waals surface area contributed by atoms with E-state index in [1.165, 1.54) is 6.26 Å². The van der Waals surface area contributed by atoms with Gasteiger partial charge in [-0.05, 0) is 33.1 Å². The highest BCUT2D eigenvalue weighted by Crippen LogP contribution is 2.12. The van der Waals surface area contributed by atoms with Crippen LogP contribution in [-0.4, -0.2) is 20.2 Å². The number of allylic oxidation sites excluding steroid dienone is 2. The Bertz CT molecular complexity index is 278. The average molecular weight is 219 g/mol. The molecule has 0 fully saturated rings. The van der Waals surface area contributed by atoms with Gasteiger partial charge in [0.25, 0.3) is 0 Å². The SMILES string of the molecule is CC/C=C/CCC(C)(C)NS(C)(=O)=O. The molecule has 0 aromatic carbocycles. The molecule has 0 saturated carbocycles. The van der Waals surface area contributed by atoms with Gasteiger partial charge in [-0.2, -0.15) is 0 Å². The second-order valence-electron chi connectivity index (χ2n) is 4.18. The summed E-state index contributed by atoms with van der Waals surface area (Å²) in [6.45, 7) is 5.87. The number of sulfonamides is 1. The quantitative estimate of drug-likeness (QED) is 0.695. The van der Waals surface area contributed by atoms with E-state index in [2.05, 4.69) is 23.8 Å². The average Bonchev–Trinajstić information content (AvgIpc) is 1.93. The Morgan fingerprint density at radius 2 is 1.86 bits per heavy atom. The first kappa shape index (κ1) is 13.7. The van der Waals surface area contributed by atoms with E-state index < -0.39 is 10.0 Å². The van der Waals surface area contributed by atoms with Gasteiger partial charge < -0.3 is 0 Å². The zero-order chi connectivity index (χ0) is 11.2. The summed E-state index contributed by atoms with van der Waals surface area (Å²) < 4.78 is 24.6. The van der Waals surface area contributed by atoms with Gasteiger partial charge in [-0.3, -0.25) is 0 Å². The summed E-state index contributed by atoms with van der Waals surface area (Å²) in [6.07, 6.45) is 8.12. The van der Waals surface area contributed by atoms with Crippen LogP contribution < -0.4 is 4.72 Å². The fourth-order valence-corrected chi connectivity index (χ4v) is 2.39. The van der Waals surface area contributed by atoms with Crippen molar-refractivity contribution in [2.24, 2.45) is 0 Å². The predicted octanol–water partition coefficient (Wildman–Crippen LogP) is 2.06. The molecule has 0 unspecified atom stereocenters. The highest BCUT2D eigenvalue weighted by molar-refractivity contribution is 7.88. The van der Waals surface area contributed by atoms with Gasteiger partial charge in [0.1, 0.15) is 0 Å². The van der Waals surface area contributed by atoms with Gasteiger partial charge in [0.2, 0.25) is 10.0 Å². The van der Waals surface area contributed by atoms with Crippen LogP contribution in [-0.2, 0) is 10.0 Å². The van der Waals surface area contributed by atoms with Crippen LogP contribution in [0.25, 0.3) is 0 Å². The first-order valence-corrected chi connectivity index (χ1v) is 6.80. The third-order valence-electron chi connectivity index (χ3n) is 1.80. The van der Waals surface area contributed by atoms with E-state index in [0.717, 1.165) is 19.3 Å². The van der Waals surface area contributed by atoms with Crippen molar-refractivity contribution < 1.29 is 8.42 Å². The molecule has 0 spiro atoms. The Labute approximate surface area is 87.6 Å². The maximum absolute atomic E-state index is 11.0. The summed E-state index contributed by atoms with van der Waals surface area (Å²) in [5, 5.41) is 0. The predicted molar refractivity (Wildman–Crippen MR) is 60.7 cm³/mol. The molecule has 0 aliphatic rings. The Morgan fingerprint density at radius 3 is 2.29 bits per heavy atom. The molecule has 14 heavy (non-hydrogen) atoms. The third-order valence-corrected chi connectivity index (χ3v) is 2.72. The molecular formula is C10H21NO2S. The largest absolute Gasteiger partial charge is 0.213 e. The monoisotopic (exact) mass is 219 g/mol. The zero-order valence-corrected chi connectivity index (χ0v) is 10.3. The van der Waals surface area contributed by atoms with Crippen molar-refractivity contribution in [3.8, 4) is 0 Å². The van der Waals surface area contributed by atoms with Gasteiger partial charge in [0, 0.05) is 5.54 Å². The molecule has 0 amide bonds. The molecule has 0 bridgehead atoms. The van der Waals surface area contributed by atoms with E-state index in [-0.39, 0.29) is 5.54 Å². The molecule has 0 heterocycles. The van der Waals surface area contributed by atoms with Gasteiger partial charge in [-0.25, -0.2) is 13.1 Å². The van der Waals surface area contributed by atoms with Crippen LogP contribution in [0.3, 0.4) is 0 Å². The van der Waals surface area contributed by atoms with Crippen LogP contribution in [0.2, 0.25) is 0 Å². The lowest BCUT2D eigenvalue weighted by molar-refractivity contribution is 0.427. The van der Waals surface area contributed by atoms with Crippen molar-refractivity contribution in [3.05, 3.63) is 12.2 Å². The summed E-state index contributed by atoms with van der Waals surface area (Å²) in [5.41, 5.74) is -0.355. The first-order valence-electron chi connectivity index (χ1n) is 4.91. The van der Waals surface area contributed by atoms with Crippen molar-refractivity contribution in [2.75, 3.05) is 6.26 Å². The maximum Gasteiger partial charge on any atom is 0.209 e. The zero-order valence-electron chi connectivity index (χ0n) is 9.50. The van der Waals surface area contributed by atoms with Crippen molar-refractivity contribution in [1.29, 1.82) is 0 Å². The highest BCUT2D eigenvalue weighted by atomic mass is 32.2. The minimum atomic E-state index is -3.10. The van der Waals surface area contributed by atoms with Crippen LogP contribution in [0.15, 0.2) is 12.2 Å². The van der Waals surface area contributed by atoms with E-state index in [1.54, 1.807) is 0 Å². The van der Waals surface area contributed by atoms with Crippen molar-refractivity contribution in [3.63, 3.8) is 0 Å². The summed E-state index contributed by atoms with van der Waals surface area (Å²) in [4.78, 5) is 0. The molecular weight excluding hydrogens is 198 g/mol. The Kier molecular flexibility index (Phi) is 5.37. The van der Waals surface area contributed by atoms with Crippen molar-refractivity contribution in [1.82, 2.24) is 4.72 Å². The molecule has 84 valence electrons. The fourth-order valence-electron chi connectivity index (χ4n) is 1.28. The lowest BCUT2D eigenvalue weighted by Crippen LogP contribution is -2.42. The van der Waals surface area contributed by atoms with Crippen molar-refractivity contribution >= 4 is 10.0 Å². The third kappa shape index (κ3) is 8.26. The smallest absolute Gasteiger partial charge is 0.209 e. The minimum absolute atomic E-state index is 0.355. The Balaban J connectivity index is 4.02. The van der Waals surface area contributed by atoms with Gasteiger partial charge >= 0.3 is 0 Å². The Morgan fingerprint density at radius 1 is 1.29 bits per heavy atom. The summed E-state index contributed by atoms with van der Waals surface area (Å²) in [5.74, 6) is 0. The van der Waals surface area contributed by atoms with Crippen LogP contribution in [0.5, 0.6) is 0 Å². The van der Waals surface area contributed by atoms with E-state index in [1.807, 2.05) is 13.8 Å². The molecule has 0 aliphatic heterocycles. The van der Waals surface area contributed by atoms with E-state index >= 15 is 0 Å². The number of nitrogens with one attached hydrogen (secondary N) is 1. The first-order chi connectivity index (χ1) is 6.27. The lowest BCUT2D eigenvalue weighted by Gasteiger charge is -2.24. The van der Waals surface area contributed by atoms with Gasteiger partial charge in [0.05, 0.1) is 6.26 Å². The van der Waals surface area contributed by atoms with Crippen LogP contribution in [0.1, 0.15) is 40.0 Å². The van der Waals surface area contributed by atoms with E-state index in [9.17, 15) is 8.42 Å². The van der Waals surface area contributed by atoms with Crippen LogP contribution in [0, 0.1) is 0 Å². The van der Waals surface area contributed by atoms with Gasteiger partial charge in [0.15, 0.2) is 0 Å². The lowest BCUT2D eigenvalue weighted by atomic mass is 10.00. The van der Waals surface area contributed by atoms with E-state index in [0.29, 0.717) is 0 Å². The fraction of sp³-hybridized carbons (Fsp3) is 0.800. The number of hydrogen-bond acceptors (Lipinski definition) is 2. The molecule has 0 rings (SSSR count). The second-order valence-corrected chi connectivity index (χ2v) is 5.92. The summed E-state index contributed by atoms with van der Waals surface area (Å²) in [7, 11) is -3.10. The van der Waals surface area contributed by atoms with Gasteiger partial charge in [-0.15, -0.1) is 0 Å². The maximum atomic E-state index is 11.0. The summed E-state index contributed by atoms with van der Waals surface area (Å²) >= 11 is 0. The van der Waals surface area contributed by atoms with Crippen molar-refractivity contribution in [2.45, 2.75) is 45.6 Å². The molecule has 3 nitrogen and oxygen atoms in total.